The topological polar surface area (TPSA) is 38.3 Å². The predicted molar refractivity (Wildman–Crippen MR) is 76.1 cm³/mol. The third-order valence-corrected chi connectivity index (χ3v) is 3.78. The summed E-state index contributed by atoms with van der Waals surface area (Å²) in [6, 6.07) is 4.81. The number of halogens is 1. The van der Waals surface area contributed by atoms with Crippen LogP contribution in [0.5, 0.6) is 5.75 Å². The van der Waals surface area contributed by atoms with E-state index in [0.29, 0.717) is 12.3 Å². The third kappa shape index (κ3) is 3.30. The van der Waals surface area contributed by atoms with Gasteiger partial charge in [0.1, 0.15) is 0 Å². The Bertz CT molecular complexity index is 495. The maximum Gasteiger partial charge on any atom is 0.220 e. The Hall–Kier alpha value is -1.58. The first kappa shape index (κ1) is 14.8. The fourth-order valence-corrected chi connectivity index (χ4v) is 2.32. The number of carbonyl (C=O) groups excluding carboxylic acids is 1. The summed E-state index contributed by atoms with van der Waals surface area (Å²) < 4.78 is 18.4. The van der Waals surface area contributed by atoms with Crippen LogP contribution in [-0.2, 0) is 10.3 Å². The Morgan fingerprint density at radius 3 is 2.70 bits per heavy atom. The summed E-state index contributed by atoms with van der Waals surface area (Å²) in [5.41, 5.74) is 0.614. The van der Waals surface area contributed by atoms with E-state index >= 15 is 0 Å². The second kappa shape index (κ2) is 5.81. The van der Waals surface area contributed by atoms with Gasteiger partial charge in [0.2, 0.25) is 5.91 Å². The lowest BCUT2D eigenvalue weighted by Gasteiger charge is -2.19. The molecule has 0 radical (unpaired) electrons. The third-order valence-electron chi connectivity index (χ3n) is 3.78. The molecule has 0 atom stereocenters. The molecule has 0 aliphatic heterocycles. The zero-order valence-electron chi connectivity index (χ0n) is 12.3. The van der Waals surface area contributed by atoms with Gasteiger partial charge in [0.15, 0.2) is 11.6 Å². The van der Waals surface area contributed by atoms with Crippen LogP contribution < -0.4 is 10.1 Å². The van der Waals surface area contributed by atoms with Gasteiger partial charge in [-0.2, -0.15) is 0 Å². The van der Waals surface area contributed by atoms with E-state index in [2.05, 4.69) is 19.2 Å². The lowest BCUT2D eigenvalue weighted by atomic mass is 10.0. The Morgan fingerprint density at radius 2 is 2.15 bits per heavy atom. The summed E-state index contributed by atoms with van der Waals surface area (Å²) in [6.07, 6.45) is 3.22. The maximum atomic E-state index is 13.4. The van der Waals surface area contributed by atoms with Crippen LogP contribution in [0.25, 0.3) is 0 Å². The first-order chi connectivity index (χ1) is 9.47. The number of hydrogen-bond donors (Lipinski definition) is 1. The van der Waals surface area contributed by atoms with E-state index in [1.807, 2.05) is 0 Å². The molecule has 0 bridgehead atoms. The van der Waals surface area contributed by atoms with E-state index < -0.39 is 0 Å². The Morgan fingerprint density at radius 1 is 1.45 bits per heavy atom. The van der Waals surface area contributed by atoms with Gasteiger partial charge in [-0.25, -0.2) is 4.39 Å². The second-order valence-electron chi connectivity index (χ2n) is 5.91. The van der Waals surface area contributed by atoms with E-state index in [1.54, 1.807) is 12.1 Å². The van der Waals surface area contributed by atoms with Crippen LogP contribution in [-0.4, -0.2) is 13.0 Å². The van der Waals surface area contributed by atoms with Crippen molar-refractivity contribution in [3.8, 4) is 5.75 Å². The molecule has 0 heterocycles. The minimum atomic E-state index is -0.377. The van der Waals surface area contributed by atoms with Crippen molar-refractivity contribution in [3.05, 3.63) is 29.6 Å². The summed E-state index contributed by atoms with van der Waals surface area (Å²) in [7, 11) is 1.45. The zero-order chi connectivity index (χ0) is 14.8. The first-order valence-corrected chi connectivity index (χ1v) is 7.12. The molecule has 1 fully saturated rings. The molecule has 3 nitrogen and oxygen atoms in total. The average Bonchev–Trinajstić information content (AvgIpc) is 3.17. The second-order valence-corrected chi connectivity index (χ2v) is 5.91. The van der Waals surface area contributed by atoms with Gasteiger partial charge in [0.25, 0.3) is 0 Å². The molecule has 1 saturated carbocycles. The van der Waals surface area contributed by atoms with Crippen LogP contribution >= 0.6 is 0 Å². The summed E-state index contributed by atoms with van der Waals surface area (Å²) in [4.78, 5) is 12.0. The SMILES string of the molecule is COc1cc(C2(NC(=O)CCC(C)C)CC2)ccc1F. The summed E-state index contributed by atoms with van der Waals surface area (Å²) in [5.74, 6) is 0.435. The van der Waals surface area contributed by atoms with Crippen LogP contribution in [0.2, 0.25) is 0 Å². The van der Waals surface area contributed by atoms with Crippen molar-refractivity contribution in [2.45, 2.75) is 45.1 Å². The predicted octanol–water partition coefficient (Wildman–Crippen LogP) is 3.38. The molecule has 2 rings (SSSR count). The number of hydrogen-bond acceptors (Lipinski definition) is 2. The highest BCUT2D eigenvalue weighted by atomic mass is 19.1. The van der Waals surface area contributed by atoms with Crippen LogP contribution in [0.3, 0.4) is 0 Å². The van der Waals surface area contributed by atoms with Gasteiger partial charge in [-0.3, -0.25) is 4.79 Å². The molecule has 1 aliphatic rings. The fourth-order valence-electron chi connectivity index (χ4n) is 2.32. The number of amides is 1. The lowest BCUT2D eigenvalue weighted by Crippen LogP contribution is -2.34. The zero-order valence-corrected chi connectivity index (χ0v) is 12.3. The van der Waals surface area contributed by atoms with Crippen LogP contribution in [0, 0.1) is 11.7 Å². The molecule has 0 spiro atoms. The quantitative estimate of drug-likeness (QED) is 0.867. The Kier molecular flexibility index (Phi) is 4.31. The maximum absolute atomic E-state index is 13.4. The normalized spacial score (nSPS) is 16.1. The molecule has 110 valence electrons. The van der Waals surface area contributed by atoms with Crippen LogP contribution in [0.1, 0.15) is 45.1 Å². The number of methoxy groups -OCH3 is 1. The van der Waals surface area contributed by atoms with Crippen molar-refractivity contribution in [1.82, 2.24) is 5.32 Å². The van der Waals surface area contributed by atoms with Gasteiger partial charge < -0.3 is 10.1 Å². The van der Waals surface area contributed by atoms with Gasteiger partial charge in [-0.05, 0) is 42.9 Å². The molecule has 1 aromatic carbocycles. The fraction of sp³-hybridized carbons (Fsp3) is 0.562. The van der Waals surface area contributed by atoms with E-state index in [1.165, 1.54) is 13.2 Å². The summed E-state index contributed by atoms with van der Waals surface area (Å²) in [5, 5.41) is 3.09. The summed E-state index contributed by atoms with van der Waals surface area (Å²) in [6.45, 7) is 4.20. The molecule has 1 amide bonds. The number of ether oxygens (including phenoxy) is 1. The molecule has 1 aliphatic carbocycles. The molecular formula is C16H22FNO2. The van der Waals surface area contributed by atoms with E-state index in [0.717, 1.165) is 24.8 Å². The van der Waals surface area contributed by atoms with E-state index in [-0.39, 0.29) is 23.0 Å². The van der Waals surface area contributed by atoms with Crippen molar-refractivity contribution >= 4 is 5.91 Å². The monoisotopic (exact) mass is 279 g/mol. The summed E-state index contributed by atoms with van der Waals surface area (Å²) >= 11 is 0. The molecule has 20 heavy (non-hydrogen) atoms. The van der Waals surface area contributed by atoms with Crippen LogP contribution in [0.4, 0.5) is 4.39 Å². The number of benzene rings is 1. The molecule has 4 heteroatoms. The van der Waals surface area contributed by atoms with Crippen molar-refractivity contribution in [2.24, 2.45) is 5.92 Å². The Balaban J connectivity index is 2.06. The van der Waals surface area contributed by atoms with Gasteiger partial charge in [-0.1, -0.05) is 19.9 Å². The lowest BCUT2D eigenvalue weighted by molar-refractivity contribution is -0.122. The number of rotatable bonds is 6. The average molecular weight is 279 g/mol. The van der Waals surface area contributed by atoms with Crippen molar-refractivity contribution in [1.29, 1.82) is 0 Å². The minimum Gasteiger partial charge on any atom is -0.494 e. The van der Waals surface area contributed by atoms with Crippen molar-refractivity contribution < 1.29 is 13.9 Å². The molecule has 0 unspecified atom stereocenters. The number of carbonyl (C=O) groups is 1. The molecule has 1 aromatic rings. The number of nitrogens with one attached hydrogen (secondary N) is 1. The van der Waals surface area contributed by atoms with Crippen molar-refractivity contribution in [3.63, 3.8) is 0 Å². The van der Waals surface area contributed by atoms with Crippen molar-refractivity contribution in [2.75, 3.05) is 7.11 Å². The van der Waals surface area contributed by atoms with Gasteiger partial charge in [0, 0.05) is 6.42 Å². The minimum absolute atomic E-state index is 0.0690. The highest BCUT2D eigenvalue weighted by molar-refractivity contribution is 5.77. The van der Waals surface area contributed by atoms with E-state index in [9.17, 15) is 9.18 Å². The molecule has 0 saturated heterocycles. The van der Waals surface area contributed by atoms with Crippen LogP contribution in [0.15, 0.2) is 18.2 Å². The van der Waals surface area contributed by atoms with Gasteiger partial charge in [-0.15, -0.1) is 0 Å². The Labute approximate surface area is 119 Å². The molecular weight excluding hydrogens is 257 g/mol. The largest absolute Gasteiger partial charge is 0.494 e. The van der Waals surface area contributed by atoms with E-state index in [4.69, 9.17) is 4.74 Å². The smallest absolute Gasteiger partial charge is 0.220 e. The first-order valence-electron chi connectivity index (χ1n) is 7.12. The standard InChI is InChI=1S/C16H22FNO2/c1-11(2)4-7-15(19)18-16(8-9-16)12-5-6-13(17)14(10-12)20-3/h5-6,10-11H,4,7-9H2,1-3H3,(H,18,19). The highest BCUT2D eigenvalue weighted by Gasteiger charge is 2.45. The molecule has 0 aromatic heterocycles. The highest BCUT2D eigenvalue weighted by Crippen LogP contribution is 2.46. The van der Waals surface area contributed by atoms with Gasteiger partial charge >= 0.3 is 0 Å². The van der Waals surface area contributed by atoms with Gasteiger partial charge in [0.05, 0.1) is 12.6 Å². The molecule has 1 N–H and O–H groups in total.